The summed E-state index contributed by atoms with van der Waals surface area (Å²) in [6, 6.07) is 7.44. The Hall–Kier alpha value is -3.07. The van der Waals surface area contributed by atoms with E-state index in [4.69, 9.17) is 9.47 Å². The summed E-state index contributed by atoms with van der Waals surface area (Å²) in [4.78, 5) is 11.7. The molecule has 132 valence electrons. The Balaban J connectivity index is 1.96. The first kappa shape index (κ1) is 17.7. The van der Waals surface area contributed by atoms with Gasteiger partial charge in [-0.15, -0.1) is 0 Å². The molecule has 1 aromatic rings. The summed E-state index contributed by atoms with van der Waals surface area (Å²) < 4.78 is 10.4. The third-order valence-electron chi connectivity index (χ3n) is 4.40. The largest absolute Gasteiger partial charge is 0.500 e. The monoisotopic (exact) mass is 346 g/mol. The van der Waals surface area contributed by atoms with E-state index in [0.717, 1.165) is 16.9 Å². The van der Waals surface area contributed by atoms with Crippen molar-refractivity contribution in [1.29, 1.82) is 0 Å². The standard InChI is InChI=1S/C23H22O3/c1-25-22(19-9-5-6-10-19)16-21(15-17-7-3-4-8-17)18-11-13-20(14-12-18)23(24)26-2/h3-17,19H,1-2H3/b21-15+,22-16-. The number of hydrogen-bond donors (Lipinski definition) is 0. The number of rotatable bonds is 6. The first-order valence-electron chi connectivity index (χ1n) is 8.57. The molecular formula is C23H22O3. The van der Waals surface area contributed by atoms with Gasteiger partial charge in [0, 0.05) is 5.92 Å². The number of hydrogen-bond acceptors (Lipinski definition) is 3. The molecule has 0 spiro atoms. The molecule has 1 aromatic carbocycles. The maximum Gasteiger partial charge on any atom is 0.337 e. The molecule has 0 unspecified atom stereocenters. The van der Waals surface area contributed by atoms with Crippen molar-refractivity contribution in [3.8, 4) is 0 Å². The minimum absolute atomic E-state index is 0.146. The second-order valence-corrected chi connectivity index (χ2v) is 6.08. The van der Waals surface area contributed by atoms with Gasteiger partial charge in [0.15, 0.2) is 0 Å². The zero-order valence-electron chi connectivity index (χ0n) is 15.0. The lowest BCUT2D eigenvalue weighted by molar-refractivity contribution is 0.0600. The summed E-state index contributed by atoms with van der Waals surface area (Å²) in [7, 11) is 3.08. The molecule has 0 aliphatic heterocycles. The van der Waals surface area contributed by atoms with E-state index in [9.17, 15) is 4.79 Å². The van der Waals surface area contributed by atoms with Crippen molar-refractivity contribution < 1.29 is 14.3 Å². The van der Waals surface area contributed by atoms with Crippen molar-refractivity contribution in [3.05, 3.63) is 102 Å². The third kappa shape index (κ3) is 4.12. The first-order chi connectivity index (χ1) is 12.7. The minimum Gasteiger partial charge on any atom is -0.500 e. The molecule has 0 aromatic heterocycles. The maximum absolute atomic E-state index is 11.7. The van der Waals surface area contributed by atoms with Crippen LogP contribution in [0.1, 0.15) is 15.9 Å². The summed E-state index contributed by atoms with van der Waals surface area (Å²) in [6.45, 7) is 0. The fraction of sp³-hybridized carbons (Fsp3) is 0.174. The van der Waals surface area contributed by atoms with E-state index < -0.39 is 0 Å². The first-order valence-corrected chi connectivity index (χ1v) is 8.57. The van der Waals surface area contributed by atoms with Gasteiger partial charge in [-0.2, -0.15) is 0 Å². The highest BCUT2D eigenvalue weighted by molar-refractivity contribution is 5.90. The summed E-state index contributed by atoms with van der Waals surface area (Å²) in [6.07, 6.45) is 20.9. The van der Waals surface area contributed by atoms with Gasteiger partial charge in [-0.05, 0) is 29.3 Å². The van der Waals surface area contributed by atoms with E-state index in [0.29, 0.717) is 5.56 Å². The fourth-order valence-electron chi connectivity index (χ4n) is 2.98. The molecule has 0 amide bonds. The molecule has 0 fully saturated rings. The number of esters is 1. The van der Waals surface area contributed by atoms with Gasteiger partial charge >= 0.3 is 5.97 Å². The number of ether oxygens (including phenoxy) is 2. The third-order valence-corrected chi connectivity index (χ3v) is 4.40. The molecule has 0 radical (unpaired) electrons. The van der Waals surface area contributed by atoms with Crippen LogP contribution in [0.4, 0.5) is 0 Å². The van der Waals surface area contributed by atoms with E-state index in [2.05, 4.69) is 36.5 Å². The van der Waals surface area contributed by atoms with E-state index in [1.165, 1.54) is 7.11 Å². The van der Waals surface area contributed by atoms with E-state index in [-0.39, 0.29) is 17.8 Å². The van der Waals surface area contributed by atoms with Crippen LogP contribution < -0.4 is 0 Å². The Morgan fingerprint density at radius 1 is 0.846 bits per heavy atom. The van der Waals surface area contributed by atoms with Crippen LogP contribution in [0.3, 0.4) is 0 Å². The van der Waals surface area contributed by atoms with Crippen molar-refractivity contribution in [2.75, 3.05) is 14.2 Å². The lowest BCUT2D eigenvalue weighted by atomic mass is 9.97. The Labute approximate surface area is 154 Å². The van der Waals surface area contributed by atoms with Crippen molar-refractivity contribution in [1.82, 2.24) is 0 Å². The lowest BCUT2D eigenvalue weighted by Gasteiger charge is -2.13. The highest BCUT2D eigenvalue weighted by atomic mass is 16.5. The van der Waals surface area contributed by atoms with Gasteiger partial charge < -0.3 is 9.47 Å². The molecule has 3 heteroatoms. The van der Waals surface area contributed by atoms with Gasteiger partial charge in [0.05, 0.1) is 25.7 Å². The number of carbonyl (C=O) groups is 1. The van der Waals surface area contributed by atoms with Crippen molar-refractivity contribution >= 4 is 11.5 Å². The molecule has 0 saturated carbocycles. The Bertz CT molecular complexity index is 809. The molecule has 26 heavy (non-hydrogen) atoms. The Morgan fingerprint density at radius 2 is 1.42 bits per heavy atom. The quantitative estimate of drug-likeness (QED) is 0.419. The van der Waals surface area contributed by atoms with Crippen molar-refractivity contribution in [2.45, 2.75) is 0 Å². The summed E-state index contributed by atoms with van der Waals surface area (Å²) >= 11 is 0. The molecular weight excluding hydrogens is 324 g/mol. The van der Waals surface area contributed by atoms with Gasteiger partial charge in [-0.1, -0.05) is 66.8 Å². The van der Waals surface area contributed by atoms with E-state index >= 15 is 0 Å². The molecule has 2 aliphatic rings. The number of benzene rings is 1. The lowest BCUT2D eigenvalue weighted by Crippen LogP contribution is -2.02. The topological polar surface area (TPSA) is 35.5 Å². The average molecular weight is 346 g/mol. The van der Waals surface area contributed by atoms with Gasteiger partial charge in [-0.3, -0.25) is 0 Å². The van der Waals surface area contributed by atoms with Crippen LogP contribution in [0.15, 0.2) is 90.8 Å². The smallest absolute Gasteiger partial charge is 0.337 e. The fourth-order valence-corrected chi connectivity index (χ4v) is 2.98. The zero-order chi connectivity index (χ0) is 18.4. The number of allylic oxidation sites excluding steroid dienone is 10. The van der Waals surface area contributed by atoms with E-state index in [1.54, 1.807) is 19.2 Å². The van der Waals surface area contributed by atoms with Crippen molar-refractivity contribution in [3.63, 3.8) is 0 Å². The van der Waals surface area contributed by atoms with Crippen LogP contribution in [0.25, 0.3) is 5.57 Å². The summed E-state index contributed by atoms with van der Waals surface area (Å²) in [5, 5.41) is 0. The highest BCUT2D eigenvalue weighted by Crippen LogP contribution is 2.27. The Morgan fingerprint density at radius 3 is 2.00 bits per heavy atom. The zero-order valence-corrected chi connectivity index (χ0v) is 15.0. The maximum atomic E-state index is 11.7. The SMILES string of the molecule is COC(=O)c1ccc(C(/C=C(\OC)C2C=CC=C2)=C/C2C=CC=C2)cc1. The van der Waals surface area contributed by atoms with Crippen LogP contribution >= 0.6 is 0 Å². The highest BCUT2D eigenvalue weighted by Gasteiger charge is 2.14. The van der Waals surface area contributed by atoms with Crippen LogP contribution in [0.2, 0.25) is 0 Å². The molecule has 0 N–H and O–H groups in total. The van der Waals surface area contributed by atoms with E-state index in [1.807, 2.05) is 36.4 Å². The number of carbonyl (C=O) groups excluding carboxylic acids is 1. The Kier molecular flexibility index (Phi) is 5.69. The molecule has 0 bridgehead atoms. The molecule has 0 saturated heterocycles. The molecule has 3 rings (SSSR count). The average Bonchev–Trinajstić information content (AvgIpc) is 3.38. The van der Waals surface area contributed by atoms with Crippen LogP contribution in [-0.4, -0.2) is 20.2 Å². The minimum atomic E-state index is -0.335. The van der Waals surface area contributed by atoms with Gasteiger partial charge in [-0.25, -0.2) is 4.79 Å². The normalized spacial score (nSPS) is 17.3. The summed E-state index contributed by atoms with van der Waals surface area (Å²) in [5.41, 5.74) is 2.61. The molecule has 3 nitrogen and oxygen atoms in total. The molecule has 2 aliphatic carbocycles. The molecule has 0 atom stereocenters. The van der Waals surface area contributed by atoms with Crippen LogP contribution in [-0.2, 0) is 9.47 Å². The predicted octanol–water partition coefficient (Wildman–Crippen LogP) is 4.87. The number of methoxy groups -OCH3 is 2. The summed E-state index contributed by atoms with van der Waals surface area (Å²) in [5.74, 6) is 0.934. The second-order valence-electron chi connectivity index (χ2n) is 6.08. The van der Waals surface area contributed by atoms with Gasteiger partial charge in [0.2, 0.25) is 0 Å². The molecule has 0 heterocycles. The van der Waals surface area contributed by atoms with Gasteiger partial charge in [0.1, 0.15) is 5.76 Å². The van der Waals surface area contributed by atoms with Crippen LogP contribution in [0, 0.1) is 11.8 Å². The van der Waals surface area contributed by atoms with Crippen molar-refractivity contribution in [2.24, 2.45) is 11.8 Å². The second kappa shape index (κ2) is 8.34. The van der Waals surface area contributed by atoms with Crippen LogP contribution in [0.5, 0.6) is 0 Å². The predicted molar refractivity (Wildman–Crippen MR) is 104 cm³/mol. The van der Waals surface area contributed by atoms with Gasteiger partial charge in [0.25, 0.3) is 0 Å².